The Balaban J connectivity index is 1.88. The number of hydrogen-bond donors (Lipinski definition) is 1. The van der Waals surface area contributed by atoms with E-state index < -0.39 is 5.60 Å². The zero-order chi connectivity index (χ0) is 16.4. The standard InChI is InChI=1S/C18H21NO4/c1-13-12-23-16-4-3-14(11-15(16)19(2)17(13)20)5-6-18(21)7-9-22-10-8-18/h3-4,11,13,21H,7-10,12H2,1-2H3/t13-/m0/s1. The number of amides is 1. The Morgan fingerprint density at radius 2 is 2.09 bits per heavy atom. The van der Waals surface area contributed by atoms with E-state index in [-0.39, 0.29) is 11.8 Å². The molecule has 0 aliphatic carbocycles. The van der Waals surface area contributed by atoms with Gasteiger partial charge in [0, 0.05) is 25.5 Å². The maximum absolute atomic E-state index is 12.2. The summed E-state index contributed by atoms with van der Waals surface area (Å²) in [5, 5.41) is 10.4. The molecule has 1 saturated heterocycles. The Morgan fingerprint density at radius 1 is 1.35 bits per heavy atom. The number of carbonyl (C=O) groups is 1. The van der Waals surface area contributed by atoms with E-state index in [1.54, 1.807) is 11.9 Å². The third-order valence-corrected chi connectivity index (χ3v) is 4.32. The first-order valence-corrected chi connectivity index (χ1v) is 7.86. The van der Waals surface area contributed by atoms with Crippen molar-refractivity contribution in [3.63, 3.8) is 0 Å². The predicted octanol–water partition coefficient (Wildman–Crippen LogP) is 1.57. The molecule has 0 unspecified atom stereocenters. The van der Waals surface area contributed by atoms with Crippen molar-refractivity contribution in [1.82, 2.24) is 0 Å². The Labute approximate surface area is 136 Å². The van der Waals surface area contributed by atoms with Crippen LogP contribution in [-0.4, -0.2) is 43.5 Å². The van der Waals surface area contributed by atoms with E-state index in [1.165, 1.54) is 0 Å². The molecule has 1 aromatic carbocycles. The van der Waals surface area contributed by atoms with E-state index in [0.717, 1.165) is 5.56 Å². The van der Waals surface area contributed by atoms with Crippen LogP contribution in [0.1, 0.15) is 25.3 Å². The van der Waals surface area contributed by atoms with E-state index in [4.69, 9.17) is 9.47 Å². The quantitative estimate of drug-likeness (QED) is 0.738. The number of carbonyl (C=O) groups excluding carboxylic acids is 1. The van der Waals surface area contributed by atoms with Gasteiger partial charge in [-0.3, -0.25) is 4.79 Å². The van der Waals surface area contributed by atoms with Crippen molar-refractivity contribution in [3.05, 3.63) is 23.8 Å². The maximum Gasteiger partial charge on any atom is 0.233 e. The number of nitrogens with zero attached hydrogens (tertiary/aromatic N) is 1. The van der Waals surface area contributed by atoms with Crippen LogP contribution in [0.2, 0.25) is 0 Å². The second kappa shape index (κ2) is 6.23. The third kappa shape index (κ3) is 3.34. The summed E-state index contributed by atoms with van der Waals surface area (Å²) in [6.45, 7) is 3.28. The number of benzene rings is 1. The van der Waals surface area contributed by atoms with Gasteiger partial charge in [-0.2, -0.15) is 0 Å². The fraction of sp³-hybridized carbons (Fsp3) is 0.500. The van der Waals surface area contributed by atoms with Gasteiger partial charge in [0.15, 0.2) is 0 Å². The smallest absolute Gasteiger partial charge is 0.233 e. The minimum absolute atomic E-state index is 0.0249. The summed E-state index contributed by atoms with van der Waals surface area (Å²) in [7, 11) is 1.75. The summed E-state index contributed by atoms with van der Waals surface area (Å²) in [5.74, 6) is 6.51. The van der Waals surface area contributed by atoms with Crippen LogP contribution in [-0.2, 0) is 9.53 Å². The lowest BCUT2D eigenvalue weighted by molar-refractivity contribution is -0.122. The van der Waals surface area contributed by atoms with Gasteiger partial charge in [0.2, 0.25) is 5.91 Å². The van der Waals surface area contributed by atoms with Crippen LogP contribution in [0.5, 0.6) is 5.75 Å². The Morgan fingerprint density at radius 3 is 2.83 bits per heavy atom. The van der Waals surface area contributed by atoms with Crippen molar-refractivity contribution in [2.24, 2.45) is 5.92 Å². The first-order chi connectivity index (χ1) is 11.0. The van der Waals surface area contributed by atoms with Crippen molar-refractivity contribution < 1.29 is 19.4 Å². The molecule has 0 spiro atoms. The van der Waals surface area contributed by atoms with Crippen LogP contribution in [0.4, 0.5) is 5.69 Å². The fourth-order valence-electron chi connectivity index (χ4n) is 2.74. The molecule has 0 radical (unpaired) electrons. The van der Waals surface area contributed by atoms with Gasteiger partial charge in [-0.25, -0.2) is 0 Å². The third-order valence-electron chi connectivity index (χ3n) is 4.32. The minimum atomic E-state index is -0.988. The molecule has 5 nitrogen and oxygen atoms in total. The van der Waals surface area contributed by atoms with Crippen LogP contribution in [0.15, 0.2) is 18.2 Å². The highest BCUT2D eigenvalue weighted by atomic mass is 16.5. The van der Waals surface area contributed by atoms with Crippen molar-refractivity contribution in [3.8, 4) is 17.6 Å². The molecule has 0 aromatic heterocycles. The summed E-state index contributed by atoms with van der Waals surface area (Å²) >= 11 is 0. The summed E-state index contributed by atoms with van der Waals surface area (Å²) in [5.41, 5.74) is 0.476. The first kappa shape index (κ1) is 15.9. The van der Waals surface area contributed by atoms with E-state index >= 15 is 0 Å². The van der Waals surface area contributed by atoms with Crippen molar-refractivity contribution in [2.45, 2.75) is 25.4 Å². The highest BCUT2D eigenvalue weighted by molar-refractivity contribution is 5.96. The molecule has 1 N–H and O–H groups in total. The molecule has 1 aromatic rings. The van der Waals surface area contributed by atoms with Crippen molar-refractivity contribution in [1.29, 1.82) is 0 Å². The largest absolute Gasteiger partial charge is 0.491 e. The molecule has 0 saturated carbocycles. The van der Waals surface area contributed by atoms with Crippen LogP contribution in [0.25, 0.3) is 0 Å². The normalized spacial score (nSPS) is 23.2. The Hall–Kier alpha value is -2.03. The molecule has 122 valence electrons. The summed E-state index contributed by atoms with van der Waals surface area (Å²) in [4.78, 5) is 13.8. The van der Waals surface area contributed by atoms with Gasteiger partial charge in [0.05, 0.1) is 31.4 Å². The molecule has 2 heterocycles. The SMILES string of the molecule is C[C@H]1COc2ccc(C#CC3(O)CCOCC3)cc2N(C)C1=O. The van der Waals surface area contributed by atoms with Gasteiger partial charge in [0.25, 0.3) is 0 Å². The molecule has 5 heteroatoms. The Bertz CT molecular complexity index is 667. The van der Waals surface area contributed by atoms with Gasteiger partial charge in [-0.1, -0.05) is 18.8 Å². The van der Waals surface area contributed by atoms with Crippen molar-refractivity contribution in [2.75, 3.05) is 31.8 Å². The molecule has 2 aliphatic heterocycles. The molecular formula is C18H21NO4. The van der Waals surface area contributed by atoms with Crippen LogP contribution < -0.4 is 9.64 Å². The first-order valence-electron chi connectivity index (χ1n) is 7.86. The predicted molar refractivity (Wildman–Crippen MR) is 86.4 cm³/mol. The molecule has 23 heavy (non-hydrogen) atoms. The van der Waals surface area contributed by atoms with Crippen LogP contribution in [0, 0.1) is 17.8 Å². The van der Waals surface area contributed by atoms with Gasteiger partial charge in [-0.15, -0.1) is 0 Å². The monoisotopic (exact) mass is 315 g/mol. The summed E-state index contributed by atoms with van der Waals surface area (Å²) in [6.07, 6.45) is 1.04. The number of hydrogen-bond acceptors (Lipinski definition) is 4. The molecule has 3 rings (SSSR count). The van der Waals surface area contributed by atoms with E-state index in [1.807, 2.05) is 25.1 Å². The number of aliphatic hydroxyl groups is 1. The highest BCUT2D eigenvalue weighted by Crippen LogP contribution is 2.32. The molecule has 1 fully saturated rings. The molecule has 2 aliphatic rings. The lowest BCUT2D eigenvalue weighted by atomic mass is 9.95. The maximum atomic E-state index is 12.2. The van der Waals surface area contributed by atoms with Crippen LogP contribution in [0.3, 0.4) is 0 Å². The number of fused-ring (bicyclic) bond motifs is 1. The highest BCUT2D eigenvalue weighted by Gasteiger charge is 2.28. The minimum Gasteiger partial charge on any atom is -0.491 e. The average molecular weight is 315 g/mol. The second-order valence-corrected chi connectivity index (χ2v) is 6.19. The summed E-state index contributed by atoms with van der Waals surface area (Å²) in [6, 6.07) is 5.51. The average Bonchev–Trinajstić information content (AvgIpc) is 2.66. The van der Waals surface area contributed by atoms with Gasteiger partial charge >= 0.3 is 0 Å². The molecule has 1 atom stereocenters. The topological polar surface area (TPSA) is 59.0 Å². The summed E-state index contributed by atoms with van der Waals surface area (Å²) < 4.78 is 10.9. The van der Waals surface area contributed by atoms with Crippen LogP contribution >= 0.6 is 0 Å². The van der Waals surface area contributed by atoms with Gasteiger partial charge in [-0.05, 0) is 18.2 Å². The lowest BCUT2D eigenvalue weighted by Gasteiger charge is -2.26. The molecule has 1 amide bonds. The van der Waals surface area contributed by atoms with E-state index in [9.17, 15) is 9.90 Å². The lowest BCUT2D eigenvalue weighted by Crippen LogP contribution is -2.34. The fourth-order valence-corrected chi connectivity index (χ4v) is 2.74. The van der Waals surface area contributed by atoms with Crippen molar-refractivity contribution >= 4 is 11.6 Å². The Kier molecular flexibility index (Phi) is 4.29. The van der Waals surface area contributed by atoms with E-state index in [2.05, 4.69) is 11.8 Å². The zero-order valence-corrected chi connectivity index (χ0v) is 13.5. The van der Waals surface area contributed by atoms with E-state index in [0.29, 0.717) is 44.1 Å². The number of ether oxygens (including phenoxy) is 2. The number of rotatable bonds is 0. The second-order valence-electron chi connectivity index (χ2n) is 6.19. The van der Waals surface area contributed by atoms with Gasteiger partial charge < -0.3 is 19.5 Å². The zero-order valence-electron chi connectivity index (χ0n) is 13.5. The molecular weight excluding hydrogens is 294 g/mol. The van der Waals surface area contributed by atoms with Gasteiger partial charge in [0.1, 0.15) is 11.4 Å². The molecule has 0 bridgehead atoms. The number of anilines is 1.